The van der Waals surface area contributed by atoms with Gasteiger partial charge in [0.15, 0.2) is 17.3 Å². The molecule has 236 valence electrons. The third-order valence-electron chi connectivity index (χ3n) is 9.65. The van der Waals surface area contributed by atoms with Crippen LogP contribution >= 0.6 is 0 Å². The molecule has 0 radical (unpaired) electrons. The predicted octanol–water partition coefficient (Wildman–Crippen LogP) is 6.02. The van der Waals surface area contributed by atoms with E-state index in [1.807, 2.05) is 45.9 Å². The van der Waals surface area contributed by atoms with Gasteiger partial charge in [0.25, 0.3) is 5.91 Å². The Morgan fingerprint density at radius 1 is 1.11 bits per heavy atom. The van der Waals surface area contributed by atoms with Crippen LogP contribution in [0.3, 0.4) is 0 Å². The number of nitrogens with one attached hydrogen (secondary N) is 1. The highest BCUT2D eigenvalue weighted by molar-refractivity contribution is 6.02. The molecule has 5 aromatic rings. The van der Waals surface area contributed by atoms with Gasteiger partial charge in [-0.05, 0) is 68.2 Å². The van der Waals surface area contributed by atoms with Crippen LogP contribution in [0.1, 0.15) is 55.1 Å². The lowest BCUT2D eigenvalue weighted by Gasteiger charge is -2.29. The van der Waals surface area contributed by atoms with Crippen molar-refractivity contribution in [2.45, 2.75) is 45.1 Å². The van der Waals surface area contributed by atoms with Crippen molar-refractivity contribution in [1.29, 1.82) is 0 Å². The molecule has 8 rings (SSSR count). The Labute approximate surface area is 266 Å². The van der Waals surface area contributed by atoms with E-state index in [-0.39, 0.29) is 30.0 Å². The van der Waals surface area contributed by atoms with E-state index >= 15 is 4.39 Å². The maximum absolute atomic E-state index is 16.3. The molecular weight excluding hydrogens is 583 g/mol. The first-order valence-corrected chi connectivity index (χ1v) is 15.6. The van der Waals surface area contributed by atoms with Crippen molar-refractivity contribution in [1.82, 2.24) is 24.8 Å². The van der Waals surface area contributed by atoms with Gasteiger partial charge in [0.05, 0.1) is 16.8 Å². The van der Waals surface area contributed by atoms with Crippen LogP contribution in [0.4, 0.5) is 10.1 Å². The number of amides is 1. The zero-order valence-electron chi connectivity index (χ0n) is 25.0. The Hall–Kier alpha value is -4.83. The van der Waals surface area contributed by atoms with Crippen LogP contribution in [0, 0.1) is 5.82 Å². The Morgan fingerprint density at radius 2 is 1.93 bits per heavy atom. The normalized spacial score (nSPS) is 18.8. The van der Waals surface area contributed by atoms with Crippen LogP contribution in [-0.4, -0.2) is 64.6 Å². The lowest BCUT2D eigenvalue weighted by Crippen LogP contribution is -2.34. The highest BCUT2D eigenvalue weighted by atomic mass is 19.1. The van der Waals surface area contributed by atoms with Crippen LogP contribution in [0.2, 0.25) is 0 Å². The Balaban J connectivity index is 0.00000338. The summed E-state index contributed by atoms with van der Waals surface area (Å²) in [5.74, 6) is -0.137. The molecule has 10 heteroatoms. The van der Waals surface area contributed by atoms with Crippen LogP contribution in [0.15, 0.2) is 72.0 Å². The molecule has 2 saturated heterocycles. The lowest BCUT2D eigenvalue weighted by molar-refractivity contribution is 0.0949. The van der Waals surface area contributed by atoms with Crippen molar-refractivity contribution in [2.75, 3.05) is 38.1 Å². The number of carbonyl (C=O) groups excluding carboxylic acids is 1. The van der Waals surface area contributed by atoms with Crippen molar-refractivity contribution in [3.63, 3.8) is 0 Å². The number of aromatic nitrogens is 3. The van der Waals surface area contributed by atoms with Crippen molar-refractivity contribution in [2.24, 2.45) is 0 Å². The van der Waals surface area contributed by atoms with Crippen molar-refractivity contribution in [3.05, 3.63) is 94.5 Å². The minimum absolute atomic E-state index is 0. The van der Waals surface area contributed by atoms with E-state index in [4.69, 9.17) is 4.74 Å². The van der Waals surface area contributed by atoms with Gasteiger partial charge < -0.3 is 24.4 Å². The summed E-state index contributed by atoms with van der Waals surface area (Å²) < 4.78 is 24.6. The van der Waals surface area contributed by atoms with E-state index in [0.717, 1.165) is 48.7 Å². The number of carbonyl (C=O) groups is 1. The topological polar surface area (TPSA) is 92.6 Å². The maximum atomic E-state index is 16.3. The van der Waals surface area contributed by atoms with E-state index in [1.165, 1.54) is 6.07 Å². The van der Waals surface area contributed by atoms with Gasteiger partial charge in [-0.3, -0.25) is 19.6 Å². The second-order valence-electron chi connectivity index (χ2n) is 12.3. The van der Waals surface area contributed by atoms with Crippen molar-refractivity contribution < 1.29 is 13.9 Å². The fraction of sp³-hybridized carbons (Fsp3) is 0.333. The first-order valence-electron chi connectivity index (χ1n) is 15.6. The monoisotopic (exact) mass is 620 g/mol. The van der Waals surface area contributed by atoms with E-state index in [1.54, 1.807) is 24.8 Å². The first kappa shape index (κ1) is 29.9. The van der Waals surface area contributed by atoms with Gasteiger partial charge in [-0.15, -0.1) is 0 Å². The Kier molecular flexibility index (Phi) is 7.68. The van der Waals surface area contributed by atoms with E-state index in [2.05, 4.69) is 27.2 Å². The molecule has 1 unspecified atom stereocenters. The molecule has 0 spiro atoms. The molecule has 5 heterocycles. The molecule has 3 aromatic carbocycles. The molecule has 1 N–H and O–H groups in total. The number of hydrogen-bond acceptors (Lipinski definition) is 7. The minimum atomic E-state index is -0.563. The fourth-order valence-electron chi connectivity index (χ4n) is 7.26. The van der Waals surface area contributed by atoms with Gasteiger partial charge in [0, 0.05) is 56.4 Å². The summed E-state index contributed by atoms with van der Waals surface area (Å²) in [6.45, 7) is 2.63. The van der Waals surface area contributed by atoms with E-state index in [0.29, 0.717) is 48.3 Å². The number of fused-ring (bicyclic) bond motifs is 3. The second-order valence-corrected chi connectivity index (χ2v) is 12.3. The summed E-state index contributed by atoms with van der Waals surface area (Å²) in [6, 6.07) is 13.5. The molecule has 9 nitrogen and oxygen atoms in total. The molecule has 2 aromatic heterocycles. The maximum Gasteiger partial charge on any atom is 0.256 e. The van der Waals surface area contributed by atoms with Crippen LogP contribution in [0.25, 0.3) is 27.4 Å². The van der Waals surface area contributed by atoms with Gasteiger partial charge in [0.2, 0.25) is 5.43 Å². The number of hydrogen-bond donors (Lipinski definition) is 1. The van der Waals surface area contributed by atoms with E-state index < -0.39 is 17.2 Å². The molecule has 2 atom stereocenters. The smallest absolute Gasteiger partial charge is 0.256 e. The van der Waals surface area contributed by atoms with Crippen LogP contribution in [-0.2, 0) is 0 Å². The quantitative estimate of drug-likeness (QED) is 0.243. The van der Waals surface area contributed by atoms with Gasteiger partial charge in [0.1, 0.15) is 16.8 Å². The largest absolute Gasteiger partial charge is 0.451 e. The number of ether oxygens (including phenoxy) is 1. The first-order chi connectivity index (χ1) is 22.0. The summed E-state index contributed by atoms with van der Waals surface area (Å²) in [5, 5.41) is 5.01. The van der Waals surface area contributed by atoms with Gasteiger partial charge >= 0.3 is 0 Å². The van der Waals surface area contributed by atoms with Gasteiger partial charge in [-0.1, -0.05) is 31.7 Å². The summed E-state index contributed by atoms with van der Waals surface area (Å²) >= 11 is 0. The van der Waals surface area contributed by atoms with Crippen molar-refractivity contribution in [3.8, 4) is 17.2 Å². The minimum Gasteiger partial charge on any atom is -0.451 e. The molecule has 0 aliphatic carbocycles. The van der Waals surface area contributed by atoms with E-state index in [9.17, 15) is 9.59 Å². The predicted molar refractivity (Wildman–Crippen MR) is 178 cm³/mol. The molecule has 3 aliphatic rings. The number of likely N-dealkylation sites (tertiary alicyclic amines) is 1. The molecule has 46 heavy (non-hydrogen) atoms. The number of anilines is 1. The average molecular weight is 621 g/mol. The molecule has 0 saturated carbocycles. The molecule has 2 fully saturated rings. The average Bonchev–Trinajstić information content (AvgIpc) is 3.71. The number of benzene rings is 3. The Morgan fingerprint density at radius 3 is 2.70 bits per heavy atom. The fourth-order valence-corrected chi connectivity index (χ4v) is 7.26. The third kappa shape index (κ3) is 4.97. The molecule has 1 amide bonds. The molecule has 3 aliphatic heterocycles. The number of rotatable bonds is 6. The van der Waals surface area contributed by atoms with Crippen LogP contribution < -0.4 is 20.4 Å². The van der Waals surface area contributed by atoms with Crippen LogP contribution in [0.5, 0.6) is 11.5 Å². The third-order valence-corrected chi connectivity index (χ3v) is 9.65. The summed E-state index contributed by atoms with van der Waals surface area (Å²) in [7, 11) is 2.10. The summed E-state index contributed by atoms with van der Waals surface area (Å²) in [4.78, 5) is 40.4. The summed E-state index contributed by atoms with van der Waals surface area (Å²) in [6.07, 6.45) is 10.5. The molecular formula is C36H37FN6O3. The zero-order chi connectivity index (χ0) is 30.7. The van der Waals surface area contributed by atoms with Crippen molar-refractivity contribution >= 4 is 33.3 Å². The van der Waals surface area contributed by atoms with Gasteiger partial charge in [-0.25, -0.2) is 4.39 Å². The van der Waals surface area contributed by atoms with Gasteiger partial charge in [-0.2, -0.15) is 0 Å². The highest BCUT2D eigenvalue weighted by Gasteiger charge is 2.34. The zero-order valence-corrected chi connectivity index (χ0v) is 25.0. The number of halogens is 1. The second kappa shape index (κ2) is 11.8. The number of nitrogens with zero attached hydrogens (tertiary/aromatic N) is 5. The standard InChI is InChI=1S/C35H33FN6O3.CH4/c1-40-13-4-7-24(40)8-10-39-35(44)26-20-42-29-15-21-5-2-3-6-22(21)16-30(29)45-34-31(42)25(33(26)43)17-27(36)32(34)41-14-9-23(19-41)28-18-37-11-12-38-28;/h2-3,5-6,11-12,15-18,20,23-24H,4,7-10,13-14,19H2,1H3,(H,39,44);1H4/t23?,24-;/m0./s1. The lowest BCUT2D eigenvalue weighted by atomic mass is 10.0. The summed E-state index contributed by atoms with van der Waals surface area (Å²) in [5.41, 5.74) is 1.76. The number of pyridine rings is 1. The SMILES string of the molecule is C.CN1CCC[C@H]1CCNC(=O)c1cn2c3c(c(N4CCC(c5cnccn5)C4)c(F)cc3c1=O)Oc1cc3ccccc3cc1-2. The molecule has 0 bridgehead atoms. The highest BCUT2D eigenvalue weighted by Crippen LogP contribution is 2.48. The Bertz CT molecular complexity index is 2030.